The van der Waals surface area contributed by atoms with E-state index in [-0.39, 0.29) is 0 Å². The minimum Gasteiger partial charge on any atom is -0.315 e. The van der Waals surface area contributed by atoms with E-state index in [1.54, 1.807) is 0 Å². The summed E-state index contributed by atoms with van der Waals surface area (Å²) in [6, 6.07) is 9.95. The highest BCUT2D eigenvalue weighted by atomic mass is 35.5. The molecule has 0 fully saturated rings. The fourth-order valence-corrected chi connectivity index (χ4v) is 3.89. The third kappa shape index (κ3) is 4.59. The lowest BCUT2D eigenvalue weighted by molar-refractivity contribution is 0.906. The van der Waals surface area contributed by atoms with Crippen LogP contribution in [-0.2, 0) is 0 Å². The van der Waals surface area contributed by atoms with E-state index in [1.165, 1.54) is 23.1 Å². The highest BCUT2D eigenvalue weighted by Crippen LogP contribution is 2.36. The summed E-state index contributed by atoms with van der Waals surface area (Å²) in [6.45, 7) is 2.47. The van der Waals surface area contributed by atoms with Gasteiger partial charge < -0.3 is 4.90 Å². The van der Waals surface area contributed by atoms with Gasteiger partial charge in [0.25, 0.3) is 0 Å². The minimum absolute atomic E-state index is 0.377. The number of nitrogens with zero attached hydrogens (tertiary/aromatic N) is 5. The van der Waals surface area contributed by atoms with Crippen molar-refractivity contribution < 1.29 is 0 Å². The molecule has 0 radical (unpaired) electrons. The summed E-state index contributed by atoms with van der Waals surface area (Å²) in [5, 5.41) is 27.3. The van der Waals surface area contributed by atoms with Gasteiger partial charge in [-0.15, -0.1) is 10.2 Å². The van der Waals surface area contributed by atoms with Gasteiger partial charge >= 0.3 is 0 Å². The lowest BCUT2D eigenvalue weighted by Gasteiger charge is -2.22. The molecule has 2 aromatic rings. The zero-order valence-electron chi connectivity index (χ0n) is 12.5. The molecule has 0 aliphatic heterocycles. The summed E-state index contributed by atoms with van der Waals surface area (Å²) in [4.78, 5) is 1.97. The molecule has 1 heterocycles. The standard InChI is InChI=1S/C15H14ClN5S2/c1-11-12(16)5-2-6-13(11)21(9-3-7-17)14-19-20-15(23-14)22-10-4-8-18/h2,5-6H,3-4,9-10H2,1H3. The summed E-state index contributed by atoms with van der Waals surface area (Å²) in [5.41, 5.74) is 1.87. The molecule has 23 heavy (non-hydrogen) atoms. The second-order valence-electron chi connectivity index (χ2n) is 4.55. The minimum atomic E-state index is 0.377. The van der Waals surface area contributed by atoms with Gasteiger partial charge in [-0.25, -0.2) is 0 Å². The van der Waals surface area contributed by atoms with Crippen molar-refractivity contribution in [1.29, 1.82) is 10.5 Å². The molecule has 1 aromatic carbocycles. The molecule has 1 aromatic heterocycles. The van der Waals surface area contributed by atoms with E-state index in [0.29, 0.717) is 30.2 Å². The summed E-state index contributed by atoms with van der Waals surface area (Å²) in [7, 11) is 0. The molecule has 0 saturated heterocycles. The van der Waals surface area contributed by atoms with Crippen LogP contribution in [0.3, 0.4) is 0 Å². The Bertz CT molecular complexity index is 747. The van der Waals surface area contributed by atoms with Crippen LogP contribution in [0.1, 0.15) is 18.4 Å². The molecule has 0 N–H and O–H groups in total. The smallest absolute Gasteiger partial charge is 0.213 e. The third-order valence-corrected chi connectivity index (χ3v) is 5.53. The normalized spacial score (nSPS) is 10.1. The highest BCUT2D eigenvalue weighted by Gasteiger charge is 2.17. The van der Waals surface area contributed by atoms with E-state index in [0.717, 1.165) is 20.7 Å². The third-order valence-electron chi connectivity index (χ3n) is 3.04. The Morgan fingerprint density at radius 3 is 2.78 bits per heavy atom. The first-order valence-corrected chi connectivity index (χ1v) is 9.08. The van der Waals surface area contributed by atoms with Gasteiger partial charge in [-0.05, 0) is 24.6 Å². The molecule has 0 aliphatic rings. The van der Waals surface area contributed by atoms with Gasteiger partial charge in [0, 0.05) is 29.4 Å². The maximum atomic E-state index is 8.91. The molecular weight excluding hydrogens is 350 g/mol. The molecule has 0 saturated carbocycles. The van der Waals surface area contributed by atoms with Crippen LogP contribution in [0, 0.1) is 29.6 Å². The fourth-order valence-electron chi connectivity index (χ4n) is 1.92. The number of thioether (sulfide) groups is 1. The average Bonchev–Trinajstić information content (AvgIpc) is 3.00. The van der Waals surface area contributed by atoms with Crippen molar-refractivity contribution in [2.75, 3.05) is 17.2 Å². The molecule has 0 aliphatic carbocycles. The number of aromatic nitrogens is 2. The Hall–Kier alpha value is -1.80. The van der Waals surface area contributed by atoms with E-state index < -0.39 is 0 Å². The first-order chi connectivity index (χ1) is 11.2. The van der Waals surface area contributed by atoms with Crippen molar-refractivity contribution in [1.82, 2.24) is 10.2 Å². The van der Waals surface area contributed by atoms with E-state index in [2.05, 4.69) is 22.3 Å². The molecule has 0 spiro atoms. The van der Waals surface area contributed by atoms with Crippen LogP contribution in [0.15, 0.2) is 22.5 Å². The van der Waals surface area contributed by atoms with E-state index in [9.17, 15) is 0 Å². The van der Waals surface area contributed by atoms with Crippen LogP contribution < -0.4 is 4.90 Å². The molecule has 0 unspecified atom stereocenters. The van der Waals surface area contributed by atoms with Gasteiger partial charge in [-0.2, -0.15) is 10.5 Å². The molecule has 8 heteroatoms. The number of hydrogen-bond acceptors (Lipinski definition) is 7. The van der Waals surface area contributed by atoms with Gasteiger partial charge in [-0.3, -0.25) is 0 Å². The van der Waals surface area contributed by atoms with Crippen molar-refractivity contribution in [3.8, 4) is 12.1 Å². The number of halogens is 1. The lowest BCUT2D eigenvalue weighted by Crippen LogP contribution is -2.19. The predicted molar refractivity (Wildman–Crippen MR) is 94.3 cm³/mol. The number of anilines is 2. The quantitative estimate of drug-likeness (QED) is 0.530. The maximum Gasteiger partial charge on any atom is 0.213 e. The second kappa shape index (κ2) is 8.73. The Balaban J connectivity index is 2.27. The van der Waals surface area contributed by atoms with Crippen molar-refractivity contribution in [3.05, 3.63) is 28.8 Å². The SMILES string of the molecule is Cc1c(Cl)cccc1N(CCC#N)c1nnc(SCCC#N)s1. The summed E-state index contributed by atoms with van der Waals surface area (Å²) in [6.07, 6.45) is 0.855. The highest BCUT2D eigenvalue weighted by molar-refractivity contribution is 8.01. The monoisotopic (exact) mass is 363 g/mol. The topological polar surface area (TPSA) is 76.6 Å². The van der Waals surface area contributed by atoms with Crippen LogP contribution in [0.2, 0.25) is 5.02 Å². The van der Waals surface area contributed by atoms with Crippen molar-refractivity contribution in [3.63, 3.8) is 0 Å². The summed E-state index contributed by atoms with van der Waals surface area (Å²) in [5.74, 6) is 0.694. The fraction of sp³-hybridized carbons (Fsp3) is 0.333. The molecule has 2 rings (SSSR count). The molecule has 0 bridgehead atoms. The largest absolute Gasteiger partial charge is 0.315 e. The molecule has 0 amide bonds. The second-order valence-corrected chi connectivity index (χ2v) is 7.26. The van der Waals surface area contributed by atoms with Crippen molar-refractivity contribution >= 4 is 45.5 Å². The van der Waals surface area contributed by atoms with E-state index in [4.69, 9.17) is 22.1 Å². The number of rotatable bonds is 7. The van der Waals surface area contributed by atoms with Gasteiger partial charge in [0.1, 0.15) is 0 Å². The lowest BCUT2D eigenvalue weighted by atomic mass is 10.2. The first kappa shape index (κ1) is 17.6. The molecule has 118 valence electrons. The predicted octanol–water partition coefficient (Wildman–Crippen LogP) is 4.56. The summed E-state index contributed by atoms with van der Waals surface area (Å²) >= 11 is 9.18. The van der Waals surface area contributed by atoms with Crippen LogP contribution in [-0.4, -0.2) is 22.5 Å². The number of benzene rings is 1. The Labute approximate surface area is 148 Å². The van der Waals surface area contributed by atoms with Crippen molar-refractivity contribution in [2.24, 2.45) is 0 Å². The van der Waals surface area contributed by atoms with Crippen LogP contribution >= 0.6 is 34.7 Å². The van der Waals surface area contributed by atoms with E-state index in [1.807, 2.05) is 30.0 Å². The number of nitriles is 2. The zero-order chi connectivity index (χ0) is 16.7. The molecular formula is C15H14ClN5S2. The first-order valence-electron chi connectivity index (χ1n) is 6.90. The van der Waals surface area contributed by atoms with Crippen LogP contribution in [0.25, 0.3) is 0 Å². The average molecular weight is 364 g/mol. The van der Waals surface area contributed by atoms with Gasteiger partial charge in [0.05, 0.1) is 18.6 Å². The van der Waals surface area contributed by atoms with Crippen LogP contribution in [0.5, 0.6) is 0 Å². The zero-order valence-corrected chi connectivity index (χ0v) is 14.9. The van der Waals surface area contributed by atoms with Crippen molar-refractivity contribution in [2.45, 2.75) is 24.1 Å². The Morgan fingerprint density at radius 1 is 1.26 bits per heavy atom. The Morgan fingerprint density at radius 2 is 2.04 bits per heavy atom. The van der Waals surface area contributed by atoms with Gasteiger partial charge in [0.15, 0.2) is 4.34 Å². The molecule has 0 atom stereocenters. The van der Waals surface area contributed by atoms with Gasteiger partial charge in [0.2, 0.25) is 5.13 Å². The van der Waals surface area contributed by atoms with E-state index >= 15 is 0 Å². The Kier molecular flexibility index (Phi) is 6.66. The van der Waals surface area contributed by atoms with Gasteiger partial charge in [-0.1, -0.05) is 40.8 Å². The number of hydrogen-bond donors (Lipinski definition) is 0. The molecule has 5 nitrogen and oxygen atoms in total. The maximum absolute atomic E-state index is 8.91. The van der Waals surface area contributed by atoms with Crippen LogP contribution in [0.4, 0.5) is 10.8 Å². The summed E-state index contributed by atoms with van der Waals surface area (Å²) < 4.78 is 0.817.